The summed E-state index contributed by atoms with van der Waals surface area (Å²) in [6.45, 7) is 0. The number of carbonyl (C=O) groups is 1. The highest BCUT2D eigenvalue weighted by Gasteiger charge is 2.36. The fourth-order valence-corrected chi connectivity index (χ4v) is 2.41. The number of nitrogens with zero attached hydrogens (tertiary/aromatic N) is 3. The molecule has 0 bridgehead atoms. The summed E-state index contributed by atoms with van der Waals surface area (Å²) in [6.07, 6.45) is 0. The number of alkyl halides is 2. The van der Waals surface area contributed by atoms with E-state index >= 15 is 0 Å². The Kier molecular flexibility index (Phi) is 3.75. The number of rotatable bonds is 2. The number of amides is 2. The van der Waals surface area contributed by atoms with Crippen molar-refractivity contribution in [2.75, 3.05) is 19.0 Å². The summed E-state index contributed by atoms with van der Waals surface area (Å²) in [6, 6.07) is -0.548. The Balaban J connectivity index is 3.09. The Morgan fingerprint density at radius 2 is 2.20 bits per heavy atom. The number of anilines is 1. The standard InChI is InChI=1S/C6H7ClF2N4OS/c1-10-5(14)13(2)6-12-11-3(7)15(6)4(8)9/h4H,1-2H3/p+1. The highest BCUT2D eigenvalue weighted by atomic mass is 35.5. The van der Waals surface area contributed by atoms with Crippen LogP contribution in [0.15, 0.2) is 0 Å². The molecule has 0 saturated carbocycles. The summed E-state index contributed by atoms with van der Waals surface area (Å²) in [4.78, 5) is 12.1. The molecule has 1 unspecified atom stereocenters. The third-order valence-electron chi connectivity index (χ3n) is 1.58. The van der Waals surface area contributed by atoms with Crippen LogP contribution in [0.2, 0.25) is 4.47 Å². The van der Waals surface area contributed by atoms with Crippen molar-refractivity contribution in [3.8, 4) is 0 Å². The fraction of sp³-hybridized carbons (Fsp3) is 0.500. The Morgan fingerprint density at radius 1 is 1.60 bits per heavy atom. The predicted octanol–water partition coefficient (Wildman–Crippen LogP) is 2.05. The number of hydrogen-bond donors (Lipinski definition) is 1. The van der Waals surface area contributed by atoms with Crippen LogP contribution in [0, 0.1) is 0 Å². The summed E-state index contributed by atoms with van der Waals surface area (Å²) in [7, 11) is 0.994. The van der Waals surface area contributed by atoms with E-state index in [1.165, 1.54) is 14.1 Å². The first-order valence-electron chi connectivity index (χ1n) is 3.77. The zero-order valence-electron chi connectivity index (χ0n) is 7.87. The SMILES string of the molecule is CNC(=O)N(C)c1nnc(Cl)[s+]1C(F)F. The van der Waals surface area contributed by atoms with Crippen molar-refractivity contribution in [3.63, 3.8) is 0 Å². The molecular formula is C6H8ClF2N4OS+. The minimum absolute atomic E-state index is 0.130. The number of aromatic nitrogens is 2. The first-order valence-corrected chi connectivity index (χ1v) is 5.43. The molecule has 0 radical (unpaired) electrons. The molecule has 1 heterocycles. The van der Waals surface area contributed by atoms with Crippen LogP contribution in [0.3, 0.4) is 0 Å². The maximum atomic E-state index is 12.6. The van der Waals surface area contributed by atoms with Crippen LogP contribution in [-0.2, 0) is 0 Å². The molecule has 1 aromatic rings. The van der Waals surface area contributed by atoms with Crippen LogP contribution in [0.5, 0.6) is 0 Å². The van der Waals surface area contributed by atoms with Gasteiger partial charge in [-0.05, 0) is 0 Å². The van der Waals surface area contributed by atoms with Crippen molar-refractivity contribution >= 4 is 33.2 Å². The summed E-state index contributed by atoms with van der Waals surface area (Å²) in [5.41, 5.74) is 0. The Morgan fingerprint density at radius 3 is 2.67 bits per heavy atom. The van der Waals surface area contributed by atoms with Crippen LogP contribution in [0.4, 0.5) is 18.7 Å². The normalized spacial score (nSPS) is 11.7. The van der Waals surface area contributed by atoms with Crippen LogP contribution < -0.4 is 10.2 Å². The van der Waals surface area contributed by atoms with E-state index < -0.39 is 22.3 Å². The van der Waals surface area contributed by atoms with Gasteiger partial charge in [0.05, 0.1) is 0 Å². The number of urea groups is 1. The molecule has 5 nitrogen and oxygen atoms in total. The zero-order valence-corrected chi connectivity index (χ0v) is 9.44. The average Bonchev–Trinajstić information content (AvgIpc) is 2.57. The number of hydrogen-bond acceptors (Lipinski definition) is 3. The molecule has 84 valence electrons. The summed E-state index contributed by atoms with van der Waals surface area (Å²) in [5.74, 6) is -2.71. The third kappa shape index (κ3) is 2.32. The molecule has 1 aromatic heterocycles. The van der Waals surface area contributed by atoms with E-state index in [1.807, 2.05) is 0 Å². The molecule has 2 amide bonds. The second-order valence-electron chi connectivity index (χ2n) is 2.45. The Labute approximate surface area is 92.0 Å². The Bertz CT molecular complexity index is 372. The molecule has 15 heavy (non-hydrogen) atoms. The highest BCUT2D eigenvalue weighted by molar-refractivity contribution is 7.37. The van der Waals surface area contributed by atoms with Crippen LogP contribution in [0.25, 0.3) is 0 Å². The molecule has 0 saturated heterocycles. The van der Waals surface area contributed by atoms with E-state index in [4.69, 9.17) is 11.6 Å². The van der Waals surface area contributed by atoms with E-state index in [0.717, 1.165) is 4.90 Å². The second kappa shape index (κ2) is 4.67. The van der Waals surface area contributed by atoms with Crippen molar-refractivity contribution in [1.29, 1.82) is 0 Å². The lowest BCUT2D eigenvalue weighted by atomic mass is 10.8. The summed E-state index contributed by atoms with van der Waals surface area (Å²) in [5, 5.41) is 8.95. The number of halogens is 3. The lowest BCUT2D eigenvalue weighted by Crippen LogP contribution is -2.35. The minimum atomic E-state index is -2.71. The van der Waals surface area contributed by atoms with Gasteiger partial charge in [-0.1, -0.05) is 10.2 Å². The maximum Gasteiger partial charge on any atom is 0.427 e. The van der Waals surface area contributed by atoms with E-state index in [1.54, 1.807) is 0 Å². The predicted molar refractivity (Wildman–Crippen MR) is 53.6 cm³/mol. The van der Waals surface area contributed by atoms with Crippen LogP contribution in [0.1, 0.15) is 5.76 Å². The van der Waals surface area contributed by atoms with Gasteiger partial charge >= 0.3 is 21.4 Å². The Hall–Kier alpha value is -1.02. The summed E-state index contributed by atoms with van der Waals surface area (Å²) < 4.78 is 24.9. The molecule has 0 aromatic carbocycles. The van der Waals surface area contributed by atoms with Gasteiger partial charge in [0.25, 0.3) is 0 Å². The molecule has 1 N–H and O–H groups in total. The highest BCUT2D eigenvalue weighted by Crippen LogP contribution is 2.46. The molecular weight excluding hydrogens is 250 g/mol. The number of nitrogens with one attached hydrogen (secondary N) is 1. The fourth-order valence-electron chi connectivity index (χ4n) is 0.868. The lowest BCUT2D eigenvalue weighted by molar-refractivity contribution is 0.205. The van der Waals surface area contributed by atoms with E-state index in [9.17, 15) is 13.6 Å². The summed E-state index contributed by atoms with van der Waals surface area (Å²) >= 11 is 5.47. The smallest absolute Gasteiger partial charge is 0.341 e. The van der Waals surface area contributed by atoms with Crippen LogP contribution >= 0.6 is 22.1 Å². The van der Waals surface area contributed by atoms with Gasteiger partial charge in [0.1, 0.15) is 10.5 Å². The molecule has 0 aliphatic heterocycles. The van der Waals surface area contributed by atoms with Crippen molar-refractivity contribution in [1.82, 2.24) is 15.5 Å². The van der Waals surface area contributed by atoms with Gasteiger partial charge in [0.2, 0.25) is 0 Å². The molecule has 0 aliphatic rings. The third-order valence-corrected chi connectivity index (χ3v) is 3.70. The van der Waals surface area contributed by atoms with Crippen molar-refractivity contribution in [2.24, 2.45) is 0 Å². The van der Waals surface area contributed by atoms with Crippen molar-refractivity contribution in [2.45, 2.75) is 5.76 Å². The average molecular weight is 258 g/mol. The molecule has 1 atom stereocenters. The quantitative estimate of drug-likeness (QED) is 0.825. The van der Waals surface area contributed by atoms with E-state index in [-0.39, 0.29) is 9.60 Å². The lowest BCUT2D eigenvalue weighted by Gasteiger charge is -2.08. The maximum absolute atomic E-state index is 12.6. The first kappa shape index (κ1) is 12.1. The number of carbonyl (C=O) groups excluding carboxylic acids is 1. The molecule has 0 fully saturated rings. The molecule has 0 spiro atoms. The molecule has 1 rings (SSSR count). The second-order valence-corrected chi connectivity index (χ2v) is 4.81. The van der Waals surface area contributed by atoms with Gasteiger partial charge in [-0.15, -0.1) is 0 Å². The van der Waals surface area contributed by atoms with Gasteiger partial charge in [0.15, 0.2) is 0 Å². The topological polar surface area (TPSA) is 58.1 Å². The molecule has 9 heteroatoms. The largest absolute Gasteiger partial charge is 0.427 e. The van der Waals surface area contributed by atoms with E-state index in [2.05, 4.69) is 15.5 Å². The van der Waals surface area contributed by atoms with Gasteiger partial charge in [0, 0.05) is 25.7 Å². The minimum Gasteiger partial charge on any atom is -0.341 e. The van der Waals surface area contributed by atoms with E-state index in [0.29, 0.717) is 0 Å². The van der Waals surface area contributed by atoms with Gasteiger partial charge in [-0.25, -0.2) is 9.69 Å². The van der Waals surface area contributed by atoms with Crippen LogP contribution in [-0.4, -0.2) is 30.3 Å². The van der Waals surface area contributed by atoms with Gasteiger partial charge in [-0.2, -0.15) is 8.78 Å². The zero-order chi connectivity index (χ0) is 11.6. The van der Waals surface area contributed by atoms with Gasteiger partial charge < -0.3 is 5.32 Å². The van der Waals surface area contributed by atoms with Crippen molar-refractivity contribution in [3.05, 3.63) is 4.47 Å². The van der Waals surface area contributed by atoms with Gasteiger partial charge in [-0.3, -0.25) is 0 Å². The first-order chi connectivity index (χ1) is 6.99. The monoisotopic (exact) mass is 257 g/mol. The van der Waals surface area contributed by atoms with Crippen molar-refractivity contribution < 1.29 is 13.6 Å². The molecule has 0 aliphatic carbocycles.